The molecule has 0 aliphatic carbocycles. The first-order valence-electron chi connectivity index (χ1n) is 5.96. The predicted octanol–water partition coefficient (Wildman–Crippen LogP) is 3.71. The Hall–Kier alpha value is -1.60. The van der Waals surface area contributed by atoms with Crippen LogP contribution in [0.2, 0.25) is 0 Å². The van der Waals surface area contributed by atoms with Gasteiger partial charge in [-0.1, -0.05) is 22.0 Å². The molecule has 0 aliphatic heterocycles. The molecule has 0 spiro atoms. The van der Waals surface area contributed by atoms with Crippen molar-refractivity contribution in [2.75, 3.05) is 11.8 Å². The lowest BCUT2D eigenvalue weighted by Crippen LogP contribution is -2.15. The minimum atomic E-state index is -3.94. The van der Waals surface area contributed by atoms with Crippen LogP contribution in [-0.4, -0.2) is 15.5 Å². The highest BCUT2D eigenvalue weighted by molar-refractivity contribution is 9.10. The van der Waals surface area contributed by atoms with Crippen LogP contribution < -0.4 is 9.46 Å². The molecule has 2 aromatic carbocycles. The van der Waals surface area contributed by atoms with Crippen LogP contribution in [0.25, 0.3) is 0 Å². The molecule has 2 rings (SSSR count). The van der Waals surface area contributed by atoms with Gasteiger partial charge < -0.3 is 4.74 Å². The van der Waals surface area contributed by atoms with Gasteiger partial charge in [-0.15, -0.1) is 0 Å². The van der Waals surface area contributed by atoms with Gasteiger partial charge in [-0.05, 0) is 42.8 Å². The molecule has 0 radical (unpaired) electrons. The summed E-state index contributed by atoms with van der Waals surface area (Å²) in [6.07, 6.45) is 0. The average molecular weight is 374 g/mol. The topological polar surface area (TPSA) is 55.4 Å². The molecule has 0 bridgehead atoms. The molecule has 0 aromatic heterocycles. The molecular formula is C14H13BrFNO3S. The number of hydrogen-bond acceptors (Lipinski definition) is 3. The number of halogens is 2. The second-order valence-electron chi connectivity index (χ2n) is 4.38. The first-order valence-corrected chi connectivity index (χ1v) is 8.23. The van der Waals surface area contributed by atoms with E-state index in [0.717, 1.165) is 5.56 Å². The van der Waals surface area contributed by atoms with E-state index in [9.17, 15) is 12.8 Å². The molecule has 112 valence electrons. The Kier molecular flexibility index (Phi) is 4.53. The van der Waals surface area contributed by atoms with Gasteiger partial charge in [0.25, 0.3) is 10.0 Å². The van der Waals surface area contributed by atoms with Gasteiger partial charge in [-0.2, -0.15) is 0 Å². The van der Waals surface area contributed by atoms with Gasteiger partial charge in [-0.25, -0.2) is 12.8 Å². The third-order valence-electron chi connectivity index (χ3n) is 2.78. The van der Waals surface area contributed by atoms with Gasteiger partial charge in [0.2, 0.25) is 0 Å². The first-order chi connectivity index (χ1) is 9.83. The van der Waals surface area contributed by atoms with Crippen LogP contribution >= 0.6 is 15.9 Å². The van der Waals surface area contributed by atoms with E-state index in [1.54, 1.807) is 25.1 Å². The zero-order valence-electron chi connectivity index (χ0n) is 11.4. The van der Waals surface area contributed by atoms with Crippen molar-refractivity contribution in [3.8, 4) is 5.75 Å². The molecule has 7 heteroatoms. The number of rotatable bonds is 4. The quantitative estimate of drug-likeness (QED) is 0.888. The van der Waals surface area contributed by atoms with E-state index >= 15 is 0 Å². The number of anilines is 1. The molecule has 2 aromatic rings. The van der Waals surface area contributed by atoms with Gasteiger partial charge in [-0.3, -0.25) is 4.72 Å². The normalized spacial score (nSPS) is 11.2. The summed E-state index contributed by atoms with van der Waals surface area (Å²) in [6, 6.07) is 8.84. The standard InChI is InChI=1S/C14H13BrFNO3S/c1-9-3-6-13(20-2)14(7-9)21(18,19)17-12-5-4-10(15)8-11(12)16/h3-8,17H,1-2H3. The molecule has 21 heavy (non-hydrogen) atoms. The summed E-state index contributed by atoms with van der Waals surface area (Å²) in [6.45, 7) is 1.76. The Labute approximate surface area is 131 Å². The molecular weight excluding hydrogens is 361 g/mol. The second-order valence-corrected chi connectivity index (χ2v) is 6.95. The zero-order valence-corrected chi connectivity index (χ0v) is 13.8. The summed E-state index contributed by atoms with van der Waals surface area (Å²) in [4.78, 5) is -0.0349. The molecule has 0 aliphatic rings. The third kappa shape index (κ3) is 3.54. The van der Waals surface area contributed by atoms with E-state index in [4.69, 9.17) is 4.74 Å². The van der Waals surface area contributed by atoms with Crippen molar-refractivity contribution in [3.63, 3.8) is 0 Å². The van der Waals surface area contributed by atoms with Crippen LogP contribution in [-0.2, 0) is 10.0 Å². The van der Waals surface area contributed by atoms with Gasteiger partial charge in [0.1, 0.15) is 16.5 Å². The maximum absolute atomic E-state index is 13.8. The molecule has 0 fully saturated rings. The van der Waals surface area contributed by atoms with Crippen LogP contribution in [0, 0.1) is 12.7 Å². The number of methoxy groups -OCH3 is 1. The lowest BCUT2D eigenvalue weighted by Gasteiger charge is -2.13. The van der Waals surface area contributed by atoms with Crippen molar-refractivity contribution < 1.29 is 17.5 Å². The summed E-state index contributed by atoms with van der Waals surface area (Å²) in [5, 5.41) is 0. The summed E-state index contributed by atoms with van der Waals surface area (Å²) >= 11 is 3.12. The molecule has 1 N–H and O–H groups in total. The molecule has 0 amide bonds. The lowest BCUT2D eigenvalue weighted by atomic mass is 10.2. The molecule has 0 saturated heterocycles. The van der Waals surface area contributed by atoms with Gasteiger partial charge in [0.15, 0.2) is 0 Å². The highest BCUT2D eigenvalue weighted by atomic mass is 79.9. The smallest absolute Gasteiger partial charge is 0.265 e. The average Bonchev–Trinajstić information content (AvgIpc) is 2.42. The van der Waals surface area contributed by atoms with Crippen LogP contribution in [0.3, 0.4) is 0 Å². The highest BCUT2D eigenvalue weighted by Crippen LogP contribution is 2.28. The van der Waals surface area contributed by atoms with Crippen molar-refractivity contribution in [1.29, 1.82) is 0 Å². The molecule has 0 saturated carbocycles. The summed E-state index contributed by atoms with van der Waals surface area (Å²) in [5.74, 6) is -0.467. The monoisotopic (exact) mass is 373 g/mol. The Morgan fingerprint density at radius 3 is 2.52 bits per heavy atom. The molecule has 4 nitrogen and oxygen atoms in total. The number of hydrogen-bond donors (Lipinski definition) is 1. The molecule has 0 atom stereocenters. The van der Waals surface area contributed by atoms with E-state index < -0.39 is 15.8 Å². The summed E-state index contributed by atoms with van der Waals surface area (Å²) in [7, 11) is -2.57. The fourth-order valence-corrected chi connectivity index (χ4v) is 3.42. The largest absolute Gasteiger partial charge is 0.495 e. The van der Waals surface area contributed by atoms with Gasteiger partial charge in [0, 0.05) is 4.47 Å². The van der Waals surface area contributed by atoms with Crippen LogP contribution in [0.15, 0.2) is 45.8 Å². The first kappa shape index (κ1) is 15.8. The highest BCUT2D eigenvalue weighted by Gasteiger charge is 2.21. The number of ether oxygens (including phenoxy) is 1. The fourth-order valence-electron chi connectivity index (χ4n) is 1.77. The van der Waals surface area contributed by atoms with E-state index in [1.165, 1.54) is 25.3 Å². The minimum absolute atomic E-state index is 0.0349. The number of aryl methyl sites for hydroxylation is 1. The van der Waals surface area contributed by atoms with Crippen LogP contribution in [0.5, 0.6) is 5.75 Å². The maximum Gasteiger partial charge on any atom is 0.265 e. The lowest BCUT2D eigenvalue weighted by molar-refractivity contribution is 0.402. The summed E-state index contributed by atoms with van der Waals surface area (Å²) in [5.41, 5.74) is 0.634. The maximum atomic E-state index is 13.8. The molecule has 0 heterocycles. The van der Waals surface area contributed by atoms with Gasteiger partial charge in [0.05, 0.1) is 12.8 Å². The van der Waals surface area contributed by atoms with Crippen LogP contribution in [0.1, 0.15) is 5.56 Å². The number of benzene rings is 2. The SMILES string of the molecule is COc1ccc(C)cc1S(=O)(=O)Nc1ccc(Br)cc1F. The summed E-state index contributed by atoms with van der Waals surface area (Å²) < 4.78 is 46.4. The van der Waals surface area contributed by atoms with Crippen molar-refractivity contribution in [1.82, 2.24) is 0 Å². The predicted molar refractivity (Wildman–Crippen MR) is 82.6 cm³/mol. The fraction of sp³-hybridized carbons (Fsp3) is 0.143. The van der Waals surface area contributed by atoms with Crippen LogP contribution in [0.4, 0.5) is 10.1 Å². The Morgan fingerprint density at radius 1 is 1.19 bits per heavy atom. The van der Waals surface area contributed by atoms with Crippen molar-refractivity contribution >= 4 is 31.6 Å². The van der Waals surface area contributed by atoms with E-state index in [-0.39, 0.29) is 16.3 Å². The third-order valence-corrected chi connectivity index (χ3v) is 4.66. The van der Waals surface area contributed by atoms with E-state index in [0.29, 0.717) is 4.47 Å². The Morgan fingerprint density at radius 2 is 1.90 bits per heavy atom. The van der Waals surface area contributed by atoms with Crippen molar-refractivity contribution in [3.05, 3.63) is 52.3 Å². The molecule has 0 unspecified atom stereocenters. The van der Waals surface area contributed by atoms with E-state index in [2.05, 4.69) is 20.7 Å². The van der Waals surface area contributed by atoms with Gasteiger partial charge >= 0.3 is 0 Å². The number of nitrogens with one attached hydrogen (secondary N) is 1. The Bertz CT molecular complexity index is 778. The Balaban J connectivity index is 2.45. The zero-order chi connectivity index (χ0) is 15.6. The second kappa shape index (κ2) is 6.03. The van der Waals surface area contributed by atoms with Crippen molar-refractivity contribution in [2.45, 2.75) is 11.8 Å². The van der Waals surface area contributed by atoms with E-state index in [1.807, 2.05) is 0 Å². The minimum Gasteiger partial charge on any atom is -0.495 e. The number of sulfonamides is 1. The van der Waals surface area contributed by atoms with Crippen molar-refractivity contribution in [2.24, 2.45) is 0 Å².